The predicted octanol–water partition coefficient (Wildman–Crippen LogP) is 4.72. The third-order valence-corrected chi connectivity index (χ3v) is 6.66. The van der Waals surface area contributed by atoms with Crippen LogP contribution in [-0.4, -0.2) is 51.6 Å². The summed E-state index contributed by atoms with van der Waals surface area (Å²) in [4.78, 5) is 22.1. The number of fused-ring (bicyclic) bond motifs is 1. The third-order valence-electron chi connectivity index (χ3n) is 5.78. The van der Waals surface area contributed by atoms with Crippen molar-refractivity contribution in [3.05, 3.63) is 87.6 Å². The molecule has 0 bridgehead atoms. The Bertz CT molecular complexity index is 1290. The summed E-state index contributed by atoms with van der Waals surface area (Å²) in [6, 6.07) is 17.9. The number of anilines is 2. The molecular formula is C24H22BrClN6O. The van der Waals surface area contributed by atoms with Gasteiger partial charge >= 0.3 is 0 Å². The molecule has 0 unspecified atom stereocenters. The second kappa shape index (κ2) is 9.41. The van der Waals surface area contributed by atoms with E-state index in [-0.39, 0.29) is 5.91 Å². The summed E-state index contributed by atoms with van der Waals surface area (Å²) in [6.07, 6.45) is 3.32. The molecule has 168 valence electrons. The van der Waals surface area contributed by atoms with Gasteiger partial charge in [-0.2, -0.15) is 9.61 Å². The fourth-order valence-electron chi connectivity index (χ4n) is 4.04. The maximum absolute atomic E-state index is 13.5. The van der Waals surface area contributed by atoms with E-state index < -0.39 is 0 Å². The second-order valence-electron chi connectivity index (χ2n) is 7.82. The van der Waals surface area contributed by atoms with E-state index in [4.69, 9.17) is 11.6 Å². The van der Waals surface area contributed by atoms with Crippen LogP contribution in [0.4, 0.5) is 11.5 Å². The van der Waals surface area contributed by atoms with Gasteiger partial charge in [0.15, 0.2) is 5.65 Å². The Balaban J connectivity index is 1.38. The summed E-state index contributed by atoms with van der Waals surface area (Å²) in [7, 11) is 0. The number of halogens is 2. The highest BCUT2D eigenvalue weighted by atomic mass is 79.9. The van der Waals surface area contributed by atoms with Gasteiger partial charge in [0, 0.05) is 38.9 Å². The fourth-order valence-corrected chi connectivity index (χ4v) is 4.66. The average Bonchev–Trinajstić information content (AvgIpc) is 3.24. The molecule has 1 aliphatic rings. The minimum atomic E-state index is -0.0645. The quantitative estimate of drug-likeness (QED) is 0.408. The standard InChI is InChI=1S/C24H22BrClN6O/c25-19-16-29-32-22(27-14-17-6-2-1-3-7-17)18(15-28-23(19)32)24(33)31-12-10-30(11-13-31)21-9-5-4-8-20(21)26/h1-9,15-16,27H,10-14H2. The van der Waals surface area contributed by atoms with Gasteiger partial charge in [0.25, 0.3) is 5.91 Å². The molecule has 0 aliphatic carbocycles. The van der Waals surface area contributed by atoms with Crippen molar-refractivity contribution in [3.63, 3.8) is 0 Å². The van der Waals surface area contributed by atoms with Crippen LogP contribution in [0.15, 0.2) is 71.5 Å². The molecule has 1 saturated heterocycles. The topological polar surface area (TPSA) is 65.8 Å². The van der Waals surface area contributed by atoms with Gasteiger partial charge in [0.2, 0.25) is 0 Å². The molecule has 2 aromatic heterocycles. The Hall–Kier alpha value is -3.10. The summed E-state index contributed by atoms with van der Waals surface area (Å²) >= 11 is 9.85. The molecule has 0 atom stereocenters. The molecule has 1 fully saturated rings. The van der Waals surface area contributed by atoms with Gasteiger partial charge in [0.05, 0.1) is 21.4 Å². The Morgan fingerprint density at radius 3 is 2.48 bits per heavy atom. The molecule has 0 radical (unpaired) electrons. The molecule has 1 aliphatic heterocycles. The summed E-state index contributed by atoms with van der Waals surface area (Å²) in [5.74, 6) is 0.568. The molecule has 7 nitrogen and oxygen atoms in total. The molecule has 0 spiro atoms. The molecule has 1 N–H and O–H groups in total. The SMILES string of the molecule is O=C(c1cnc2c(Br)cnn2c1NCc1ccccc1)N1CCN(c2ccccc2Cl)CC1. The first kappa shape index (κ1) is 21.7. The van der Waals surface area contributed by atoms with Crippen molar-refractivity contribution in [2.75, 3.05) is 36.4 Å². The van der Waals surface area contributed by atoms with Gasteiger partial charge in [-0.25, -0.2) is 4.98 Å². The van der Waals surface area contributed by atoms with Crippen LogP contribution in [0.3, 0.4) is 0 Å². The van der Waals surface area contributed by atoms with Gasteiger partial charge in [-0.1, -0.05) is 54.1 Å². The number of aromatic nitrogens is 3. The maximum atomic E-state index is 13.5. The van der Waals surface area contributed by atoms with E-state index in [1.165, 1.54) is 0 Å². The summed E-state index contributed by atoms with van der Waals surface area (Å²) < 4.78 is 2.46. The van der Waals surface area contributed by atoms with Crippen molar-refractivity contribution < 1.29 is 4.79 Å². The van der Waals surface area contributed by atoms with Crippen LogP contribution in [-0.2, 0) is 6.54 Å². The van der Waals surface area contributed by atoms with Crippen LogP contribution in [0.25, 0.3) is 5.65 Å². The molecule has 2 aromatic carbocycles. The Kier molecular flexibility index (Phi) is 6.20. The first-order chi connectivity index (χ1) is 16.1. The number of hydrogen-bond donors (Lipinski definition) is 1. The van der Waals surface area contributed by atoms with E-state index >= 15 is 0 Å². The van der Waals surface area contributed by atoms with E-state index in [0.29, 0.717) is 49.8 Å². The lowest BCUT2D eigenvalue weighted by Crippen LogP contribution is -2.49. The van der Waals surface area contributed by atoms with Crippen LogP contribution in [0.1, 0.15) is 15.9 Å². The minimum absolute atomic E-state index is 0.0645. The molecule has 3 heterocycles. The van der Waals surface area contributed by atoms with E-state index in [1.807, 2.05) is 59.5 Å². The molecule has 4 aromatic rings. The lowest BCUT2D eigenvalue weighted by atomic mass is 10.2. The van der Waals surface area contributed by atoms with Crippen molar-refractivity contribution in [2.24, 2.45) is 0 Å². The van der Waals surface area contributed by atoms with Crippen LogP contribution < -0.4 is 10.2 Å². The van der Waals surface area contributed by atoms with Gasteiger partial charge in [-0.15, -0.1) is 0 Å². The number of carbonyl (C=O) groups excluding carboxylic acids is 1. The van der Waals surface area contributed by atoms with Crippen molar-refractivity contribution in [3.8, 4) is 0 Å². The van der Waals surface area contributed by atoms with E-state index in [9.17, 15) is 4.79 Å². The smallest absolute Gasteiger partial charge is 0.259 e. The van der Waals surface area contributed by atoms with Crippen LogP contribution in [0.5, 0.6) is 0 Å². The Morgan fingerprint density at radius 1 is 1.00 bits per heavy atom. The lowest BCUT2D eigenvalue weighted by Gasteiger charge is -2.36. The van der Waals surface area contributed by atoms with Crippen LogP contribution >= 0.6 is 27.5 Å². The number of hydrogen-bond acceptors (Lipinski definition) is 5. The largest absolute Gasteiger partial charge is 0.367 e. The molecule has 33 heavy (non-hydrogen) atoms. The first-order valence-corrected chi connectivity index (χ1v) is 11.9. The zero-order valence-electron chi connectivity index (χ0n) is 17.8. The highest BCUT2D eigenvalue weighted by Gasteiger charge is 2.26. The normalized spacial score (nSPS) is 14.0. The van der Waals surface area contributed by atoms with Gasteiger partial charge in [-0.05, 0) is 33.6 Å². The number of amides is 1. The van der Waals surface area contributed by atoms with Crippen LogP contribution in [0.2, 0.25) is 5.02 Å². The Labute approximate surface area is 205 Å². The number of piperazine rings is 1. The monoisotopic (exact) mass is 524 g/mol. The first-order valence-electron chi connectivity index (χ1n) is 10.7. The summed E-state index contributed by atoms with van der Waals surface area (Å²) in [6.45, 7) is 3.19. The number of nitrogens with zero attached hydrogens (tertiary/aromatic N) is 5. The van der Waals surface area contributed by atoms with Crippen molar-refractivity contribution in [1.82, 2.24) is 19.5 Å². The second-order valence-corrected chi connectivity index (χ2v) is 9.08. The number of para-hydroxylation sites is 1. The van der Waals surface area contributed by atoms with Crippen molar-refractivity contribution in [2.45, 2.75) is 6.54 Å². The molecule has 9 heteroatoms. The predicted molar refractivity (Wildman–Crippen MR) is 134 cm³/mol. The number of benzene rings is 2. The van der Waals surface area contributed by atoms with Gasteiger partial charge in [0.1, 0.15) is 11.4 Å². The Morgan fingerprint density at radius 2 is 1.73 bits per heavy atom. The minimum Gasteiger partial charge on any atom is -0.367 e. The lowest BCUT2D eigenvalue weighted by molar-refractivity contribution is 0.0747. The van der Waals surface area contributed by atoms with Crippen LogP contribution in [0, 0.1) is 0 Å². The molecule has 5 rings (SSSR count). The zero-order chi connectivity index (χ0) is 22.8. The fraction of sp³-hybridized carbons (Fsp3) is 0.208. The van der Waals surface area contributed by atoms with E-state index in [2.05, 4.69) is 36.2 Å². The van der Waals surface area contributed by atoms with Gasteiger partial charge < -0.3 is 15.1 Å². The number of carbonyl (C=O) groups is 1. The van der Waals surface area contributed by atoms with E-state index in [0.717, 1.165) is 20.7 Å². The molecule has 0 saturated carbocycles. The summed E-state index contributed by atoms with van der Waals surface area (Å²) in [5, 5.41) is 8.57. The highest BCUT2D eigenvalue weighted by molar-refractivity contribution is 9.10. The maximum Gasteiger partial charge on any atom is 0.259 e. The van der Waals surface area contributed by atoms with Gasteiger partial charge in [-0.3, -0.25) is 4.79 Å². The van der Waals surface area contributed by atoms with Crippen molar-refractivity contribution in [1.29, 1.82) is 0 Å². The highest BCUT2D eigenvalue weighted by Crippen LogP contribution is 2.27. The molecule has 1 amide bonds. The van der Waals surface area contributed by atoms with Crippen molar-refractivity contribution >= 4 is 50.6 Å². The zero-order valence-corrected chi connectivity index (χ0v) is 20.1. The third kappa shape index (κ3) is 4.41. The number of rotatable bonds is 5. The van der Waals surface area contributed by atoms with E-state index in [1.54, 1.807) is 16.9 Å². The number of nitrogens with one attached hydrogen (secondary N) is 1. The molecular weight excluding hydrogens is 504 g/mol. The summed E-state index contributed by atoms with van der Waals surface area (Å²) in [5.41, 5.74) is 3.27. The average molecular weight is 526 g/mol.